The minimum absolute atomic E-state index is 0.0121. The summed E-state index contributed by atoms with van der Waals surface area (Å²) >= 11 is 0. The van der Waals surface area contributed by atoms with E-state index in [-0.39, 0.29) is 23.6 Å². The van der Waals surface area contributed by atoms with Gasteiger partial charge in [0.15, 0.2) is 0 Å². The molecule has 0 spiro atoms. The third-order valence-corrected chi connectivity index (χ3v) is 4.84. The maximum atomic E-state index is 12.5. The molecular weight excluding hydrogens is 356 g/mol. The zero-order valence-corrected chi connectivity index (χ0v) is 16.1. The number of benzene rings is 2. The number of likely N-dealkylation sites (tertiary alicyclic amines) is 1. The van der Waals surface area contributed by atoms with Gasteiger partial charge in [-0.15, -0.1) is 0 Å². The van der Waals surface area contributed by atoms with E-state index in [0.717, 1.165) is 24.2 Å². The molecule has 6 heteroatoms. The lowest BCUT2D eigenvalue weighted by atomic mass is 10.0. The molecule has 6 nitrogen and oxygen atoms in total. The van der Waals surface area contributed by atoms with Gasteiger partial charge in [-0.1, -0.05) is 18.2 Å². The number of carbonyl (C=O) groups excluding carboxylic acids is 2. The first-order chi connectivity index (χ1) is 13.5. The van der Waals surface area contributed by atoms with Crippen LogP contribution < -0.4 is 10.1 Å². The van der Waals surface area contributed by atoms with Crippen LogP contribution in [0.4, 0.5) is 0 Å². The van der Waals surface area contributed by atoms with Gasteiger partial charge in [0.25, 0.3) is 5.91 Å². The van der Waals surface area contributed by atoms with Crippen LogP contribution in [0.1, 0.15) is 35.7 Å². The zero-order valence-electron chi connectivity index (χ0n) is 16.1. The summed E-state index contributed by atoms with van der Waals surface area (Å²) in [6.45, 7) is 3.72. The van der Waals surface area contributed by atoms with E-state index in [2.05, 4.69) is 5.32 Å². The van der Waals surface area contributed by atoms with Crippen molar-refractivity contribution in [1.29, 1.82) is 0 Å². The molecule has 2 aromatic rings. The number of phenols is 1. The predicted octanol–water partition coefficient (Wildman–Crippen LogP) is 2.75. The first-order valence-corrected chi connectivity index (χ1v) is 9.64. The summed E-state index contributed by atoms with van der Waals surface area (Å²) in [5.41, 5.74) is 1.43. The molecule has 0 radical (unpaired) electrons. The molecule has 2 aromatic carbocycles. The highest BCUT2D eigenvalue weighted by atomic mass is 16.5. The first-order valence-electron chi connectivity index (χ1n) is 9.64. The second-order valence-corrected chi connectivity index (χ2v) is 6.94. The van der Waals surface area contributed by atoms with E-state index < -0.39 is 0 Å². The summed E-state index contributed by atoms with van der Waals surface area (Å²) in [6.07, 6.45) is 1.77. The number of amides is 2. The molecule has 0 saturated carbocycles. The zero-order chi connectivity index (χ0) is 19.9. The Morgan fingerprint density at radius 2 is 1.86 bits per heavy atom. The largest absolute Gasteiger partial charge is 0.508 e. The van der Waals surface area contributed by atoms with Crippen molar-refractivity contribution < 1.29 is 19.4 Å². The Hall–Kier alpha value is -3.02. The molecule has 1 aliphatic rings. The maximum Gasteiger partial charge on any atom is 0.253 e. The van der Waals surface area contributed by atoms with Gasteiger partial charge in [0, 0.05) is 24.7 Å². The molecular formula is C22H26N2O4. The van der Waals surface area contributed by atoms with Crippen molar-refractivity contribution in [3.63, 3.8) is 0 Å². The van der Waals surface area contributed by atoms with Crippen molar-refractivity contribution in [1.82, 2.24) is 10.2 Å². The van der Waals surface area contributed by atoms with Crippen LogP contribution in [-0.2, 0) is 11.2 Å². The molecule has 2 amide bonds. The number of hydrogen-bond acceptors (Lipinski definition) is 4. The van der Waals surface area contributed by atoms with Crippen LogP contribution in [0.5, 0.6) is 11.5 Å². The molecule has 0 bridgehead atoms. The third kappa shape index (κ3) is 5.25. The lowest BCUT2D eigenvalue weighted by Crippen LogP contribution is -2.46. The van der Waals surface area contributed by atoms with Gasteiger partial charge in [-0.2, -0.15) is 0 Å². The molecule has 1 saturated heterocycles. The van der Waals surface area contributed by atoms with E-state index in [9.17, 15) is 14.7 Å². The van der Waals surface area contributed by atoms with Crippen molar-refractivity contribution in [3.8, 4) is 11.5 Å². The summed E-state index contributed by atoms with van der Waals surface area (Å²) in [7, 11) is 0. The summed E-state index contributed by atoms with van der Waals surface area (Å²) in [5.74, 6) is 0.787. The number of hydrogen-bond donors (Lipinski definition) is 2. The van der Waals surface area contributed by atoms with E-state index in [1.54, 1.807) is 23.1 Å². The lowest BCUT2D eigenvalue weighted by molar-refractivity contribution is -0.121. The summed E-state index contributed by atoms with van der Waals surface area (Å²) in [5, 5.41) is 12.6. The normalized spacial score (nSPS) is 14.5. The Labute approximate surface area is 165 Å². The Bertz CT molecular complexity index is 812. The Morgan fingerprint density at radius 3 is 2.50 bits per heavy atom. The molecule has 3 rings (SSSR count). The third-order valence-electron chi connectivity index (χ3n) is 4.84. The van der Waals surface area contributed by atoms with E-state index in [1.807, 2.05) is 31.2 Å². The number of phenolic OH excluding ortho intramolecular Hbond substituents is 1. The van der Waals surface area contributed by atoms with E-state index in [4.69, 9.17) is 4.74 Å². The van der Waals surface area contributed by atoms with Crippen LogP contribution in [0, 0.1) is 0 Å². The second kappa shape index (κ2) is 9.26. The average Bonchev–Trinajstić information content (AvgIpc) is 2.70. The van der Waals surface area contributed by atoms with Gasteiger partial charge in [-0.3, -0.25) is 9.59 Å². The fraction of sp³-hybridized carbons (Fsp3) is 0.364. The molecule has 148 valence electrons. The highest BCUT2D eigenvalue weighted by Crippen LogP contribution is 2.17. The van der Waals surface area contributed by atoms with Crippen molar-refractivity contribution in [3.05, 3.63) is 59.7 Å². The minimum atomic E-state index is -0.0879. The fourth-order valence-electron chi connectivity index (χ4n) is 3.38. The molecule has 0 aromatic heterocycles. The first kappa shape index (κ1) is 19.7. The lowest BCUT2D eigenvalue weighted by Gasteiger charge is -2.32. The number of carbonyl (C=O) groups is 2. The Kier molecular flexibility index (Phi) is 6.53. The maximum absolute atomic E-state index is 12.5. The smallest absolute Gasteiger partial charge is 0.253 e. The van der Waals surface area contributed by atoms with Crippen LogP contribution in [0.15, 0.2) is 48.5 Å². The number of nitrogens with zero attached hydrogens (tertiary/aromatic N) is 1. The highest BCUT2D eigenvalue weighted by molar-refractivity contribution is 5.94. The van der Waals surface area contributed by atoms with E-state index >= 15 is 0 Å². The standard InChI is InChI=1S/C22H26N2O4/c1-2-28-20-8-6-16(7-9-20)14-21(26)23-18-10-12-24(13-11-18)22(27)17-4-3-5-19(25)15-17/h3-9,15,18,25H,2,10-14H2,1H3,(H,23,26). The van der Waals surface area contributed by atoms with Gasteiger partial charge in [0.2, 0.25) is 5.91 Å². The van der Waals surface area contributed by atoms with Crippen LogP contribution >= 0.6 is 0 Å². The molecule has 1 heterocycles. The van der Waals surface area contributed by atoms with Gasteiger partial charge >= 0.3 is 0 Å². The van der Waals surface area contributed by atoms with Crippen molar-refractivity contribution in [2.24, 2.45) is 0 Å². The van der Waals surface area contributed by atoms with Gasteiger partial charge in [-0.05, 0) is 55.7 Å². The minimum Gasteiger partial charge on any atom is -0.508 e. The highest BCUT2D eigenvalue weighted by Gasteiger charge is 2.24. The van der Waals surface area contributed by atoms with Gasteiger partial charge in [0.1, 0.15) is 11.5 Å². The number of aromatic hydroxyl groups is 1. The molecule has 2 N–H and O–H groups in total. The van der Waals surface area contributed by atoms with Gasteiger partial charge < -0.3 is 20.1 Å². The average molecular weight is 382 g/mol. The number of rotatable bonds is 6. The SMILES string of the molecule is CCOc1ccc(CC(=O)NC2CCN(C(=O)c3cccc(O)c3)CC2)cc1. The van der Waals surface area contributed by atoms with E-state index in [0.29, 0.717) is 31.7 Å². The van der Waals surface area contributed by atoms with Crippen molar-refractivity contribution >= 4 is 11.8 Å². The van der Waals surface area contributed by atoms with Crippen LogP contribution in [-0.4, -0.2) is 47.6 Å². The molecule has 0 atom stereocenters. The topological polar surface area (TPSA) is 78.9 Å². The fourth-order valence-corrected chi connectivity index (χ4v) is 3.38. The van der Waals surface area contributed by atoms with Gasteiger partial charge in [-0.25, -0.2) is 0 Å². The molecule has 28 heavy (non-hydrogen) atoms. The second-order valence-electron chi connectivity index (χ2n) is 6.94. The monoisotopic (exact) mass is 382 g/mol. The molecule has 0 aliphatic carbocycles. The van der Waals surface area contributed by atoms with Crippen LogP contribution in [0.25, 0.3) is 0 Å². The number of nitrogens with one attached hydrogen (secondary N) is 1. The number of ether oxygens (including phenoxy) is 1. The van der Waals surface area contributed by atoms with Crippen LogP contribution in [0.3, 0.4) is 0 Å². The number of piperidine rings is 1. The van der Waals surface area contributed by atoms with Crippen LogP contribution in [0.2, 0.25) is 0 Å². The van der Waals surface area contributed by atoms with E-state index in [1.165, 1.54) is 6.07 Å². The van der Waals surface area contributed by atoms with Crippen molar-refractivity contribution in [2.45, 2.75) is 32.2 Å². The van der Waals surface area contributed by atoms with Gasteiger partial charge in [0.05, 0.1) is 13.0 Å². The van der Waals surface area contributed by atoms with Crippen molar-refractivity contribution in [2.75, 3.05) is 19.7 Å². The summed E-state index contributed by atoms with van der Waals surface area (Å²) < 4.78 is 5.41. The molecule has 0 unspecified atom stereocenters. The molecule has 1 fully saturated rings. The molecule has 1 aliphatic heterocycles. The Balaban J connectivity index is 1.46. The Morgan fingerprint density at radius 1 is 1.14 bits per heavy atom. The predicted molar refractivity (Wildman–Crippen MR) is 106 cm³/mol. The summed E-state index contributed by atoms with van der Waals surface area (Å²) in [4.78, 5) is 26.6. The summed E-state index contributed by atoms with van der Waals surface area (Å²) in [6, 6.07) is 14.0. The quantitative estimate of drug-likeness (QED) is 0.805.